The van der Waals surface area contributed by atoms with Crippen LogP contribution >= 0.6 is 11.8 Å². The van der Waals surface area contributed by atoms with Crippen LogP contribution in [0.4, 0.5) is 18.9 Å². The van der Waals surface area contributed by atoms with Crippen molar-refractivity contribution in [2.75, 3.05) is 17.2 Å². The molecule has 5 nitrogen and oxygen atoms in total. The highest BCUT2D eigenvalue weighted by atomic mass is 32.2. The maximum absolute atomic E-state index is 13.2. The molecule has 1 amide bonds. The third-order valence-corrected chi connectivity index (χ3v) is 5.61. The Morgan fingerprint density at radius 2 is 2.00 bits per heavy atom. The molecule has 30 heavy (non-hydrogen) atoms. The van der Waals surface area contributed by atoms with Gasteiger partial charge in [-0.1, -0.05) is 13.0 Å². The minimum atomic E-state index is -4.52. The van der Waals surface area contributed by atoms with Crippen LogP contribution in [-0.4, -0.2) is 33.2 Å². The zero-order chi connectivity index (χ0) is 21.3. The third kappa shape index (κ3) is 3.89. The lowest BCUT2D eigenvalue weighted by Crippen LogP contribution is -2.30. The number of thioether (sulfide) groups is 1. The first-order valence-electron chi connectivity index (χ1n) is 9.30. The van der Waals surface area contributed by atoms with Crippen molar-refractivity contribution >= 4 is 23.4 Å². The summed E-state index contributed by atoms with van der Waals surface area (Å²) in [5, 5.41) is 0. The molecule has 3 aromatic heterocycles. The molecule has 0 saturated carbocycles. The highest BCUT2D eigenvalue weighted by molar-refractivity contribution is 7.99. The zero-order valence-electron chi connectivity index (χ0n) is 16.0. The van der Waals surface area contributed by atoms with Gasteiger partial charge in [-0.25, -0.2) is 4.98 Å². The second-order valence-corrected chi connectivity index (χ2v) is 7.92. The van der Waals surface area contributed by atoms with E-state index in [2.05, 4.69) is 15.0 Å². The quantitative estimate of drug-likeness (QED) is 0.553. The molecular formula is C21H17F3N4OS. The molecule has 4 heterocycles. The number of fused-ring (bicyclic) bond motifs is 1. The van der Waals surface area contributed by atoms with Crippen molar-refractivity contribution in [3.05, 3.63) is 65.9 Å². The van der Waals surface area contributed by atoms with Crippen molar-refractivity contribution in [2.24, 2.45) is 0 Å². The number of pyridine rings is 3. The fourth-order valence-electron chi connectivity index (χ4n) is 3.28. The van der Waals surface area contributed by atoms with Crippen LogP contribution in [0.5, 0.6) is 0 Å². The topological polar surface area (TPSA) is 59.0 Å². The van der Waals surface area contributed by atoms with Crippen molar-refractivity contribution in [1.82, 2.24) is 15.0 Å². The number of hydrogen-bond acceptors (Lipinski definition) is 5. The average Bonchev–Trinajstić information content (AvgIpc) is 3.17. The van der Waals surface area contributed by atoms with Crippen LogP contribution in [0.2, 0.25) is 0 Å². The van der Waals surface area contributed by atoms with Crippen molar-refractivity contribution in [2.45, 2.75) is 24.4 Å². The smallest absolute Gasteiger partial charge is 0.305 e. The van der Waals surface area contributed by atoms with Crippen LogP contribution in [0.1, 0.15) is 28.7 Å². The van der Waals surface area contributed by atoms with E-state index in [4.69, 9.17) is 0 Å². The Morgan fingerprint density at radius 3 is 2.70 bits per heavy atom. The van der Waals surface area contributed by atoms with E-state index < -0.39 is 17.6 Å². The minimum absolute atomic E-state index is 0.192. The van der Waals surface area contributed by atoms with Gasteiger partial charge in [-0.15, -0.1) is 11.8 Å². The molecule has 0 saturated heterocycles. The Labute approximate surface area is 175 Å². The zero-order valence-corrected chi connectivity index (χ0v) is 16.8. The molecule has 0 N–H and O–H groups in total. The molecule has 1 aliphatic rings. The predicted octanol–water partition coefficient (Wildman–Crippen LogP) is 4.87. The average molecular weight is 430 g/mol. The van der Waals surface area contributed by atoms with E-state index in [1.54, 1.807) is 12.4 Å². The lowest BCUT2D eigenvalue weighted by Gasteiger charge is -2.19. The largest absolute Gasteiger partial charge is 0.417 e. The predicted molar refractivity (Wildman–Crippen MR) is 108 cm³/mol. The van der Waals surface area contributed by atoms with E-state index in [1.165, 1.54) is 16.7 Å². The van der Waals surface area contributed by atoms with Gasteiger partial charge in [-0.05, 0) is 30.0 Å². The van der Waals surface area contributed by atoms with E-state index in [1.807, 2.05) is 31.2 Å². The SMILES string of the molecule is CCSc1cc(-c2ccccn2)cnc1C(=O)N1CCc2ncc(C(F)(F)F)cc21. The molecule has 0 bridgehead atoms. The van der Waals surface area contributed by atoms with Gasteiger partial charge in [0.15, 0.2) is 0 Å². The van der Waals surface area contributed by atoms with E-state index >= 15 is 0 Å². The van der Waals surface area contributed by atoms with Crippen molar-refractivity contribution < 1.29 is 18.0 Å². The standard InChI is InChI=1S/C21H17F3N4OS/c1-2-30-18-9-13(15-5-3-4-7-25-15)11-27-19(18)20(29)28-8-6-16-17(28)10-14(12-26-16)21(22,23)24/h3-5,7,9-12H,2,6,8H2,1H3. The molecule has 0 unspecified atom stereocenters. The normalized spacial score (nSPS) is 13.4. The van der Waals surface area contributed by atoms with Gasteiger partial charge in [0.2, 0.25) is 0 Å². The summed E-state index contributed by atoms with van der Waals surface area (Å²) in [6.07, 6.45) is -0.0677. The lowest BCUT2D eigenvalue weighted by molar-refractivity contribution is -0.137. The fourth-order valence-corrected chi connectivity index (χ4v) is 4.08. The number of carbonyl (C=O) groups is 1. The summed E-state index contributed by atoms with van der Waals surface area (Å²) in [7, 11) is 0. The number of halogens is 3. The molecule has 3 aromatic rings. The van der Waals surface area contributed by atoms with Crippen molar-refractivity contribution in [1.29, 1.82) is 0 Å². The summed E-state index contributed by atoms with van der Waals surface area (Å²) in [4.78, 5) is 27.8. The number of carbonyl (C=O) groups excluding carboxylic acids is 1. The molecule has 0 aromatic carbocycles. The molecule has 154 valence electrons. The molecule has 0 spiro atoms. The molecule has 0 radical (unpaired) electrons. The van der Waals surface area contributed by atoms with Gasteiger partial charge >= 0.3 is 6.18 Å². The van der Waals surface area contributed by atoms with Crippen LogP contribution in [-0.2, 0) is 12.6 Å². The van der Waals surface area contributed by atoms with Crippen LogP contribution in [0, 0.1) is 0 Å². The first kappa shape index (κ1) is 20.3. The fraction of sp³-hybridized carbons (Fsp3) is 0.238. The van der Waals surface area contributed by atoms with E-state index in [0.29, 0.717) is 22.8 Å². The molecule has 0 atom stereocenters. The molecule has 0 aliphatic carbocycles. The highest BCUT2D eigenvalue weighted by Crippen LogP contribution is 2.36. The molecule has 0 fully saturated rings. The Hall–Kier alpha value is -2.94. The Bertz CT molecular complexity index is 1090. The maximum Gasteiger partial charge on any atom is 0.417 e. The van der Waals surface area contributed by atoms with Crippen molar-refractivity contribution in [3.63, 3.8) is 0 Å². The molecular weight excluding hydrogens is 413 g/mol. The van der Waals surface area contributed by atoms with Gasteiger partial charge in [0, 0.05) is 42.0 Å². The molecule has 9 heteroatoms. The van der Waals surface area contributed by atoms with Crippen LogP contribution in [0.3, 0.4) is 0 Å². The van der Waals surface area contributed by atoms with E-state index in [0.717, 1.165) is 23.5 Å². The van der Waals surface area contributed by atoms with Crippen LogP contribution in [0.15, 0.2) is 53.8 Å². The van der Waals surface area contributed by atoms with Gasteiger partial charge in [0.25, 0.3) is 5.91 Å². The lowest BCUT2D eigenvalue weighted by atomic mass is 10.1. The number of rotatable bonds is 4. The minimum Gasteiger partial charge on any atom is -0.305 e. The Balaban J connectivity index is 1.71. The first-order chi connectivity index (χ1) is 14.4. The van der Waals surface area contributed by atoms with Gasteiger partial charge in [-0.3, -0.25) is 14.8 Å². The highest BCUT2D eigenvalue weighted by Gasteiger charge is 2.35. The number of hydrogen-bond donors (Lipinski definition) is 0. The number of anilines is 1. The second-order valence-electron chi connectivity index (χ2n) is 6.61. The number of aromatic nitrogens is 3. The summed E-state index contributed by atoms with van der Waals surface area (Å²) in [6.45, 7) is 2.22. The third-order valence-electron chi connectivity index (χ3n) is 4.70. The summed E-state index contributed by atoms with van der Waals surface area (Å²) < 4.78 is 39.3. The van der Waals surface area contributed by atoms with Gasteiger partial charge in [-0.2, -0.15) is 13.2 Å². The summed E-state index contributed by atoms with van der Waals surface area (Å²) >= 11 is 1.45. The monoisotopic (exact) mass is 430 g/mol. The van der Waals surface area contributed by atoms with E-state index in [-0.39, 0.29) is 17.9 Å². The summed E-state index contributed by atoms with van der Waals surface area (Å²) in [5.74, 6) is 0.280. The van der Waals surface area contributed by atoms with Gasteiger partial charge in [0.05, 0.1) is 22.6 Å². The summed E-state index contributed by atoms with van der Waals surface area (Å²) in [5.41, 5.74) is 1.51. The van der Waals surface area contributed by atoms with Crippen LogP contribution < -0.4 is 4.90 Å². The molecule has 1 aliphatic heterocycles. The second kappa shape index (κ2) is 8.06. The Kier molecular flexibility index (Phi) is 5.46. The van der Waals surface area contributed by atoms with Gasteiger partial charge in [0.1, 0.15) is 5.69 Å². The van der Waals surface area contributed by atoms with Crippen LogP contribution in [0.25, 0.3) is 11.3 Å². The van der Waals surface area contributed by atoms with E-state index in [9.17, 15) is 18.0 Å². The number of amides is 1. The van der Waals surface area contributed by atoms with Crippen molar-refractivity contribution in [3.8, 4) is 11.3 Å². The Morgan fingerprint density at radius 1 is 1.17 bits per heavy atom. The number of alkyl halides is 3. The number of nitrogens with zero attached hydrogens (tertiary/aromatic N) is 4. The maximum atomic E-state index is 13.2. The summed E-state index contributed by atoms with van der Waals surface area (Å²) in [6, 6.07) is 8.35. The molecule has 4 rings (SSSR count). The van der Waals surface area contributed by atoms with Gasteiger partial charge < -0.3 is 4.90 Å². The first-order valence-corrected chi connectivity index (χ1v) is 10.3.